The Morgan fingerprint density at radius 3 is 2.82 bits per heavy atom. The van der Waals surface area contributed by atoms with Gasteiger partial charge in [0.2, 0.25) is 0 Å². The predicted octanol–water partition coefficient (Wildman–Crippen LogP) is 2.48. The maximum absolute atomic E-state index is 12.0. The number of amides is 1. The molecule has 0 saturated heterocycles. The molecule has 2 atom stereocenters. The van der Waals surface area contributed by atoms with E-state index in [1.807, 2.05) is 19.1 Å². The van der Waals surface area contributed by atoms with Gasteiger partial charge in [-0.25, -0.2) is 0 Å². The normalized spacial score (nSPS) is 25.3. The van der Waals surface area contributed by atoms with E-state index in [9.17, 15) is 9.90 Å². The average Bonchev–Trinajstić information content (AvgIpc) is 2.63. The summed E-state index contributed by atoms with van der Waals surface area (Å²) in [6.45, 7) is 1.99. The molecule has 0 bridgehead atoms. The molecule has 1 saturated carbocycles. The van der Waals surface area contributed by atoms with Crippen molar-refractivity contribution in [3.05, 3.63) is 21.9 Å². The molecule has 0 aromatic carbocycles. The number of thiophene rings is 1. The van der Waals surface area contributed by atoms with Crippen LogP contribution in [0.4, 0.5) is 0 Å². The number of aliphatic hydroxyl groups excluding tert-OH is 1. The molecule has 1 aromatic rings. The minimum absolute atomic E-state index is 0.0472. The lowest BCUT2D eigenvalue weighted by atomic mass is 10.1. The molecular formula is C13H19NO2S. The fourth-order valence-corrected chi connectivity index (χ4v) is 3.02. The van der Waals surface area contributed by atoms with Crippen molar-refractivity contribution in [2.24, 2.45) is 0 Å². The lowest BCUT2D eigenvalue weighted by Gasteiger charge is -2.21. The van der Waals surface area contributed by atoms with E-state index in [1.54, 1.807) is 0 Å². The SMILES string of the molecule is Cc1ccc(C(=O)NC2CCCCCC2O)s1. The standard InChI is InChI=1S/C13H19NO2S/c1-9-7-8-12(17-9)13(16)14-10-5-3-2-4-6-11(10)15/h7-8,10-11,15H,2-6H2,1H3,(H,14,16). The van der Waals surface area contributed by atoms with Gasteiger partial charge in [0, 0.05) is 4.88 Å². The van der Waals surface area contributed by atoms with Gasteiger partial charge in [-0.15, -0.1) is 11.3 Å². The maximum atomic E-state index is 12.0. The summed E-state index contributed by atoms with van der Waals surface area (Å²) in [5, 5.41) is 12.9. The first-order valence-corrected chi connectivity index (χ1v) is 7.04. The molecule has 0 aliphatic heterocycles. The molecule has 0 radical (unpaired) electrons. The zero-order chi connectivity index (χ0) is 12.3. The minimum Gasteiger partial charge on any atom is -0.391 e. The molecule has 1 heterocycles. The second-order valence-corrected chi connectivity index (χ2v) is 5.98. The van der Waals surface area contributed by atoms with E-state index in [2.05, 4.69) is 5.32 Å². The van der Waals surface area contributed by atoms with Crippen LogP contribution in [0.3, 0.4) is 0 Å². The van der Waals surface area contributed by atoms with Gasteiger partial charge in [-0.2, -0.15) is 0 Å². The highest BCUT2D eigenvalue weighted by Crippen LogP contribution is 2.20. The first-order chi connectivity index (χ1) is 8.16. The number of aliphatic hydroxyl groups is 1. The van der Waals surface area contributed by atoms with Crippen LogP contribution in [0, 0.1) is 6.92 Å². The number of rotatable bonds is 2. The van der Waals surface area contributed by atoms with Gasteiger partial charge in [0.25, 0.3) is 5.91 Å². The van der Waals surface area contributed by atoms with Crippen LogP contribution in [0.25, 0.3) is 0 Å². The van der Waals surface area contributed by atoms with E-state index in [-0.39, 0.29) is 18.1 Å². The van der Waals surface area contributed by atoms with Gasteiger partial charge in [-0.1, -0.05) is 19.3 Å². The van der Waals surface area contributed by atoms with E-state index in [0.29, 0.717) is 0 Å². The Kier molecular flexibility index (Phi) is 4.18. The van der Waals surface area contributed by atoms with Crippen LogP contribution in [-0.2, 0) is 0 Å². The molecule has 1 amide bonds. The molecule has 3 nitrogen and oxygen atoms in total. The Morgan fingerprint density at radius 1 is 1.35 bits per heavy atom. The summed E-state index contributed by atoms with van der Waals surface area (Å²) in [6, 6.07) is 3.72. The number of aryl methyl sites for hydroxylation is 1. The van der Waals surface area contributed by atoms with Crippen LogP contribution in [0.5, 0.6) is 0 Å². The Bertz CT molecular complexity index is 389. The van der Waals surface area contributed by atoms with E-state index in [0.717, 1.165) is 41.9 Å². The van der Waals surface area contributed by atoms with Crippen molar-refractivity contribution in [1.82, 2.24) is 5.32 Å². The summed E-state index contributed by atoms with van der Waals surface area (Å²) < 4.78 is 0. The quantitative estimate of drug-likeness (QED) is 0.796. The van der Waals surface area contributed by atoms with Crippen molar-refractivity contribution in [3.8, 4) is 0 Å². The third-order valence-corrected chi connectivity index (χ3v) is 4.26. The van der Waals surface area contributed by atoms with Gasteiger partial charge in [-0.3, -0.25) is 4.79 Å². The van der Waals surface area contributed by atoms with Crippen LogP contribution in [0.15, 0.2) is 12.1 Å². The first kappa shape index (κ1) is 12.6. The van der Waals surface area contributed by atoms with Crippen molar-refractivity contribution >= 4 is 17.2 Å². The molecule has 1 fully saturated rings. The van der Waals surface area contributed by atoms with Crippen molar-refractivity contribution in [2.45, 2.75) is 51.2 Å². The van der Waals surface area contributed by atoms with Crippen molar-refractivity contribution in [1.29, 1.82) is 0 Å². The third-order valence-electron chi connectivity index (χ3n) is 3.26. The maximum Gasteiger partial charge on any atom is 0.261 e. The predicted molar refractivity (Wildman–Crippen MR) is 69.4 cm³/mol. The summed E-state index contributed by atoms with van der Waals surface area (Å²) in [7, 11) is 0. The van der Waals surface area contributed by atoms with Crippen LogP contribution in [-0.4, -0.2) is 23.2 Å². The van der Waals surface area contributed by atoms with Gasteiger partial charge < -0.3 is 10.4 Å². The highest BCUT2D eigenvalue weighted by molar-refractivity contribution is 7.13. The topological polar surface area (TPSA) is 49.3 Å². The second-order valence-electron chi connectivity index (χ2n) is 4.70. The zero-order valence-corrected chi connectivity index (χ0v) is 10.9. The summed E-state index contributed by atoms with van der Waals surface area (Å²) in [4.78, 5) is 13.8. The summed E-state index contributed by atoms with van der Waals surface area (Å²) in [6.07, 6.45) is 4.60. The van der Waals surface area contributed by atoms with Crippen LogP contribution in [0.1, 0.15) is 46.7 Å². The number of carbonyl (C=O) groups is 1. The fraction of sp³-hybridized carbons (Fsp3) is 0.615. The van der Waals surface area contributed by atoms with Crippen molar-refractivity contribution in [3.63, 3.8) is 0 Å². The smallest absolute Gasteiger partial charge is 0.261 e. The third kappa shape index (κ3) is 3.30. The molecule has 1 aromatic heterocycles. The van der Waals surface area contributed by atoms with Crippen LogP contribution >= 0.6 is 11.3 Å². The highest BCUT2D eigenvalue weighted by Gasteiger charge is 2.23. The number of carbonyl (C=O) groups excluding carboxylic acids is 1. The van der Waals surface area contributed by atoms with Crippen molar-refractivity contribution in [2.75, 3.05) is 0 Å². The average molecular weight is 253 g/mol. The van der Waals surface area contributed by atoms with E-state index < -0.39 is 0 Å². The summed E-state index contributed by atoms with van der Waals surface area (Å²) in [5.74, 6) is -0.0472. The minimum atomic E-state index is -0.387. The van der Waals surface area contributed by atoms with Gasteiger partial charge in [-0.05, 0) is 31.9 Å². The molecule has 94 valence electrons. The molecule has 17 heavy (non-hydrogen) atoms. The van der Waals surface area contributed by atoms with Crippen LogP contribution < -0.4 is 5.32 Å². The zero-order valence-electron chi connectivity index (χ0n) is 10.1. The molecule has 2 rings (SSSR count). The van der Waals surface area contributed by atoms with Gasteiger partial charge >= 0.3 is 0 Å². The Balaban J connectivity index is 1.97. The molecule has 4 heteroatoms. The van der Waals surface area contributed by atoms with E-state index in [1.165, 1.54) is 11.3 Å². The highest BCUT2D eigenvalue weighted by atomic mass is 32.1. The molecule has 0 spiro atoms. The second kappa shape index (κ2) is 5.65. The fourth-order valence-electron chi connectivity index (χ4n) is 2.25. The van der Waals surface area contributed by atoms with Gasteiger partial charge in [0.1, 0.15) is 0 Å². The molecule has 1 aliphatic carbocycles. The molecule has 2 N–H and O–H groups in total. The van der Waals surface area contributed by atoms with Crippen molar-refractivity contribution < 1.29 is 9.90 Å². The number of hydrogen-bond acceptors (Lipinski definition) is 3. The Hall–Kier alpha value is -0.870. The molecule has 1 aliphatic rings. The summed E-state index contributed by atoms with van der Waals surface area (Å²) in [5.41, 5.74) is 0. The molecular weight excluding hydrogens is 234 g/mol. The number of hydrogen-bond donors (Lipinski definition) is 2. The van der Waals surface area contributed by atoms with E-state index >= 15 is 0 Å². The molecule has 2 unspecified atom stereocenters. The Morgan fingerprint density at radius 2 is 2.12 bits per heavy atom. The van der Waals surface area contributed by atoms with E-state index in [4.69, 9.17) is 0 Å². The lowest BCUT2D eigenvalue weighted by Crippen LogP contribution is -2.42. The van der Waals surface area contributed by atoms with Crippen LogP contribution in [0.2, 0.25) is 0 Å². The van der Waals surface area contributed by atoms with Gasteiger partial charge in [0.15, 0.2) is 0 Å². The Labute approximate surface area is 106 Å². The number of nitrogens with one attached hydrogen (secondary N) is 1. The lowest BCUT2D eigenvalue weighted by molar-refractivity contribution is 0.0822. The largest absolute Gasteiger partial charge is 0.391 e. The monoisotopic (exact) mass is 253 g/mol. The summed E-state index contributed by atoms with van der Waals surface area (Å²) >= 11 is 1.50. The first-order valence-electron chi connectivity index (χ1n) is 6.22. The van der Waals surface area contributed by atoms with Gasteiger partial charge in [0.05, 0.1) is 17.0 Å².